The average molecular weight is 485 g/mol. The van der Waals surface area contributed by atoms with Crippen molar-refractivity contribution in [2.24, 2.45) is 12.8 Å². The average Bonchev–Trinajstić information content (AvgIpc) is 3.44. The van der Waals surface area contributed by atoms with Gasteiger partial charge in [-0.1, -0.05) is 32.9 Å². The minimum absolute atomic E-state index is 0.0681. The van der Waals surface area contributed by atoms with Gasteiger partial charge in [0.1, 0.15) is 23.4 Å². The Morgan fingerprint density at radius 3 is 2.69 bits per heavy atom. The topological polar surface area (TPSA) is 98.3 Å². The van der Waals surface area contributed by atoms with Crippen LogP contribution in [0.3, 0.4) is 0 Å². The van der Waals surface area contributed by atoms with E-state index in [9.17, 15) is 4.79 Å². The summed E-state index contributed by atoms with van der Waals surface area (Å²) in [5.41, 5.74) is 9.72. The van der Waals surface area contributed by atoms with Crippen LogP contribution in [0, 0.1) is 0 Å². The summed E-state index contributed by atoms with van der Waals surface area (Å²) in [6.07, 6.45) is 3.34. The highest BCUT2D eigenvalue weighted by molar-refractivity contribution is 5.84. The van der Waals surface area contributed by atoms with Crippen molar-refractivity contribution < 1.29 is 9.53 Å². The van der Waals surface area contributed by atoms with Crippen LogP contribution in [0.1, 0.15) is 39.2 Å². The van der Waals surface area contributed by atoms with Crippen molar-refractivity contribution in [3.8, 4) is 11.5 Å². The van der Waals surface area contributed by atoms with Crippen LogP contribution < -0.4 is 20.7 Å². The third-order valence-corrected chi connectivity index (χ3v) is 6.67. The Morgan fingerprint density at radius 2 is 1.92 bits per heavy atom. The number of hydrogen-bond acceptors (Lipinski definition) is 6. The van der Waals surface area contributed by atoms with Crippen molar-refractivity contribution in [1.82, 2.24) is 14.5 Å². The number of benzene rings is 2. The maximum absolute atomic E-state index is 11.8. The molecule has 0 spiro atoms. The molecule has 0 bridgehead atoms. The molecule has 1 atom stereocenters. The number of nitrogens with one attached hydrogen (secondary N) is 1. The van der Waals surface area contributed by atoms with Crippen LogP contribution in [-0.2, 0) is 17.3 Å². The van der Waals surface area contributed by atoms with E-state index in [-0.39, 0.29) is 17.4 Å². The Kier molecular flexibility index (Phi) is 6.04. The summed E-state index contributed by atoms with van der Waals surface area (Å²) in [6, 6.07) is 17.6. The van der Waals surface area contributed by atoms with Gasteiger partial charge in [0.15, 0.2) is 0 Å². The van der Waals surface area contributed by atoms with Gasteiger partial charge >= 0.3 is 0 Å². The van der Waals surface area contributed by atoms with Gasteiger partial charge in [-0.25, -0.2) is 9.97 Å². The molecule has 5 rings (SSSR count). The summed E-state index contributed by atoms with van der Waals surface area (Å²) in [5.74, 6) is 2.44. The predicted octanol–water partition coefficient (Wildman–Crippen LogP) is 5.26. The maximum Gasteiger partial charge on any atom is 0.240 e. The summed E-state index contributed by atoms with van der Waals surface area (Å²) in [5, 5.41) is 3.45. The molecule has 0 aliphatic carbocycles. The number of hydrogen-bond donors (Lipinski definition) is 2. The van der Waals surface area contributed by atoms with E-state index in [1.54, 1.807) is 12.3 Å². The van der Waals surface area contributed by atoms with Crippen LogP contribution in [0.4, 0.5) is 17.5 Å². The van der Waals surface area contributed by atoms with Gasteiger partial charge in [-0.15, -0.1) is 0 Å². The molecule has 1 aliphatic rings. The monoisotopic (exact) mass is 484 g/mol. The lowest BCUT2D eigenvalue weighted by molar-refractivity contribution is -0.119. The van der Waals surface area contributed by atoms with E-state index in [2.05, 4.69) is 49.3 Å². The molecule has 4 aromatic rings. The lowest BCUT2D eigenvalue weighted by atomic mass is 9.87. The molecular formula is C28H32N6O2. The largest absolute Gasteiger partial charge is 0.457 e. The molecule has 1 aliphatic heterocycles. The second-order valence-electron chi connectivity index (χ2n) is 10.3. The van der Waals surface area contributed by atoms with E-state index in [0.29, 0.717) is 17.3 Å². The van der Waals surface area contributed by atoms with Crippen molar-refractivity contribution in [2.45, 2.75) is 45.1 Å². The van der Waals surface area contributed by atoms with E-state index < -0.39 is 0 Å². The molecule has 3 heterocycles. The van der Waals surface area contributed by atoms with Crippen LogP contribution >= 0.6 is 0 Å². The molecule has 0 saturated carbocycles. The first-order valence-corrected chi connectivity index (χ1v) is 12.2. The third-order valence-electron chi connectivity index (χ3n) is 6.67. The third kappa shape index (κ3) is 4.71. The van der Waals surface area contributed by atoms with Crippen molar-refractivity contribution >= 4 is 34.4 Å². The van der Waals surface area contributed by atoms with E-state index >= 15 is 0 Å². The number of ether oxygens (including phenoxy) is 1. The predicted molar refractivity (Wildman–Crippen MR) is 143 cm³/mol. The maximum atomic E-state index is 11.8. The molecule has 2 aromatic heterocycles. The van der Waals surface area contributed by atoms with Crippen LogP contribution in [-0.4, -0.2) is 33.0 Å². The molecule has 1 saturated heterocycles. The minimum Gasteiger partial charge on any atom is -0.457 e. The summed E-state index contributed by atoms with van der Waals surface area (Å²) >= 11 is 0. The number of aromatic nitrogens is 3. The van der Waals surface area contributed by atoms with Gasteiger partial charge in [0.05, 0.1) is 11.0 Å². The van der Waals surface area contributed by atoms with Gasteiger partial charge in [0, 0.05) is 37.6 Å². The number of fused-ring (bicyclic) bond motifs is 1. The molecule has 3 N–H and O–H groups in total. The molecule has 1 amide bonds. The fraction of sp³-hybridized carbons (Fsp3) is 0.321. The molecule has 0 radical (unpaired) electrons. The number of anilines is 3. The van der Waals surface area contributed by atoms with E-state index in [1.807, 2.05) is 46.8 Å². The van der Waals surface area contributed by atoms with Gasteiger partial charge in [-0.2, -0.15) is 0 Å². The number of nitrogens with zero attached hydrogens (tertiary/aromatic N) is 4. The summed E-state index contributed by atoms with van der Waals surface area (Å²) in [4.78, 5) is 23.0. The zero-order valence-electron chi connectivity index (χ0n) is 21.2. The lowest BCUT2D eigenvalue weighted by Gasteiger charge is -2.23. The molecule has 36 heavy (non-hydrogen) atoms. The number of pyridine rings is 1. The Hall–Kier alpha value is -4.07. The summed E-state index contributed by atoms with van der Waals surface area (Å²) in [6.45, 7) is 7.36. The second-order valence-corrected chi connectivity index (χ2v) is 10.3. The number of imidazole rings is 1. The first kappa shape index (κ1) is 23.7. The fourth-order valence-electron chi connectivity index (χ4n) is 4.64. The standard InChI is InChI=1S/C28H32N6O2/c1-28(2,3)18-7-5-8-19(15-18)31-27-32-22-16-20(10-11-23(22)33(27)4)36-21-12-13-30-25(17-21)34-14-6-9-24(34)26(29)35/h5,7-8,10-13,15-17,24H,6,9,14H2,1-4H3,(H2,29,35)(H,31,32)/t24-/m0/s1. The zero-order valence-corrected chi connectivity index (χ0v) is 21.2. The van der Waals surface area contributed by atoms with Crippen LogP contribution in [0.25, 0.3) is 11.0 Å². The molecule has 186 valence electrons. The van der Waals surface area contributed by atoms with Crippen LogP contribution in [0.5, 0.6) is 11.5 Å². The van der Waals surface area contributed by atoms with E-state index in [4.69, 9.17) is 15.5 Å². The molecule has 2 aromatic carbocycles. The molecular weight excluding hydrogens is 452 g/mol. The van der Waals surface area contributed by atoms with E-state index in [1.165, 1.54) is 5.56 Å². The summed E-state index contributed by atoms with van der Waals surface area (Å²) in [7, 11) is 1.99. The first-order valence-electron chi connectivity index (χ1n) is 12.2. The number of rotatable bonds is 6. The van der Waals surface area contributed by atoms with Crippen LogP contribution in [0.2, 0.25) is 0 Å². The molecule has 1 fully saturated rings. The van der Waals surface area contributed by atoms with Crippen molar-refractivity contribution in [2.75, 3.05) is 16.8 Å². The second kappa shape index (κ2) is 9.18. The molecule has 8 nitrogen and oxygen atoms in total. The first-order chi connectivity index (χ1) is 17.2. The number of carbonyl (C=O) groups is 1. The Morgan fingerprint density at radius 1 is 1.11 bits per heavy atom. The minimum atomic E-state index is -0.326. The molecule has 8 heteroatoms. The Bertz CT molecular complexity index is 1420. The van der Waals surface area contributed by atoms with Gasteiger partial charge in [0.2, 0.25) is 11.9 Å². The normalized spacial score (nSPS) is 15.9. The highest BCUT2D eigenvalue weighted by Gasteiger charge is 2.30. The van der Waals surface area contributed by atoms with Gasteiger partial charge in [-0.3, -0.25) is 4.79 Å². The van der Waals surface area contributed by atoms with Gasteiger partial charge in [-0.05, 0) is 54.2 Å². The Balaban J connectivity index is 1.37. The smallest absolute Gasteiger partial charge is 0.240 e. The quantitative estimate of drug-likeness (QED) is 0.388. The van der Waals surface area contributed by atoms with Crippen LogP contribution in [0.15, 0.2) is 60.8 Å². The van der Waals surface area contributed by atoms with E-state index in [0.717, 1.165) is 42.1 Å². The number of carbonyl (C=O) groups excluding carboxylic acids is 1. The van der Waals surface area contributed by atoms with Gasteiger partial charge < -0.3 is 25.3 Å². The SMILES string of the molecule is Cn1c(Nc2cccc(C(C)(C)C)c2)nc2cc(Oc3ccnc(N4CCC[C@H]4C(N)=O)c3)ccc21. The fourth-order valence-corrected chi connectivity index (χ4v) is 4.64. The highest BCUT2D eigenvalue weighted by Crippen LogP contribution is 2.32. The molecule has 0 unspecified atom stereocenters. The lowest BCUT2D eigenvalue weighted by Crippen LogP contribution is -2.40. The van der Waals surface area contributed by atoms with Crippen molar-refractivity contribution in [3.05, 3.63) is 66.4 Å². The number of nitrogens with two attached hydrogens (primary N) is 1. The van der Waals surface area contributed by atoms with Crippen molar-refractivity contribution in [3.63, 3.8) is 0 Å². The highest BCUT2D eigenvalue weighted by atomic mass is 16.5. The zero-order chi connectivity index (χ0) is 25.4. The number of primary amides is 1. The number of amides is 1. The van der Waals surface area contributed by atoms with Crippen molar-refractivity contribution in [1.29, 1.82) is 0 Å². The summed E-state index contributed by atoms with van der Waals surface area (Å²) < 4.78 is 8.18. The number of aryl methyl sites for hydroxylation is 1. The Labute approximate surface area is 211 Å². The van der Waals surface area contributed by atoms with Gasteiger partial charge in [0.25, 0.3) is 0 Å².